The average molecular weight is 253 g/mol. The van der Waals surface area contributed by atoms with Gasteiger partial charge in [0.2, 0.25) is 0 Å². The molecule has 1 aromatic heterocycles. The van der Waals surface area contributed by atoms with Crippen LogP contribution in [-0.2, 0) is 12.8 Å². The van der Waals surface area contributed by atoms with E-state index in [2.05, 4.69) is 10.2 Å². The van der Waals surface area contributed by atoms with Crippen molar-refractivity contribution >= 4 is 11.3 Å². The molecule has 0 spiro atoms. The van der Waals surface area contributed by atoms with E-state index < -0.39 is 0 Å². The van der Waals surface area contributed by atoms with Crippen molar-refractivity contribution in [1.29, 1.82) is 0 Å². The highest BCUT2D eigenvalue weighted by Crippen LogP contribution is 2.27. The lowest BCUT2D eigenvalue weighted by molar-refractivity contribution is 0.339. The lowest BCUT2D eigenvalue weighted by Gasteiger charge is -2.20. The van der Waals surface area contributed by atoms with Crippen molar-refractivity contribution in [3.05, 3.63) is 10.0 Å². The summed E-state index contributed by atoms with van der Waals surface area (Å²) in [6.45, 7) is 0.747. The Morgan fingerprint density at radius 3 is 2.47 bits per heavy atom. The maximum Gasteiger partial charge on any atom is 0.117 e. The van der Waals surface area contributed by atoms with Gasteiger partial charge in [-0.25, -0.2) is 0 Å². The first-order valence-corrected chi connectivity index (χ1v) is 7.71. The van der Waals surface area contributed by atoms with Gasteiger partial charge >= 0.3 is 0 Å². The fourth-order valence-corrected chi connectivity index (χ4v) is 3.45. The quantitative estimate of drug-likeness (QED) is 0.848. The highest BCUT2D eigenvalue weighted by Gasteiger charge is 2.14. The van der Waals surface area contributed by atoms with Crippen molar-refractivity contribution in [1.82, 2.24) is 10.2 Å². The van der Waals surface area contributed by atoms with Crippen LogP contribution in [-0.4, -0.2) is 16.7 Å². The number of aromatic nitrogens is 2. The van der Waals surface area contributed by atoms with Crippen LogP contribution in [0.25, 0.3) is 0 Å². The number of nitrogens with zero attached hydrogens (tertiary/aromatic N) is 2. The van der Waals surface area contributed by atoms with Gasteiger partial charge in [-0.15, -0.1) is 21.5 Å². The standard InChI is InChI=1S/C13H23N3S/c14-10-4-7-12-15-16-13(17-12)9-8-11-5-2-1-3-6-11/h11H,1-10,14H2. The molecule has 3 nitrogen and oxygen atoms in total. The van der Waals surface area contributed by atoms with E-state index in [1.54, 1.807) is 11.3 Å². The Balaban J connectivity index is 1.72. The summed E-state index contributed by atoms with van der Waals surface area (Å²) in [7, 11) is 0. The number of hydrogen-bond acceptors (Lipinski definition) is 4. The first-order valence-electron chi connectivity index (χ1n) is 6.90. The van der Waals surface area contributed by atoms with E-state index in [9.17, 15) is 0 Å². The van der Waals surface area contributed by atoms with E-state index in [0.29, 0.717) is 0 Å². The molecule has 1 saturated carbocycles. The molecule has 1 heterocycles. The molecule has 1 fully saturated rings. The van der Waals surface area contributed by atoms with Crippen molar-refractivity contribution in [2.75, 3.05) is 6.54 Å². The predicted molar refractivity (Wildman–Crippen MR) is 72.2 cm³/mol. The van der Waals surface area contributed by atoms with Crippen molar-refractivity contribution in [2.45, 2.75) is 57.8 Å². The maximum absolute atomic E-state index is 5.50. The van der Waals surface area contributed by atoms with Gasteiger partial charge in [0.25, 0.3) is 0 Å². The van der Waals surface area contributed by atoms with Gasteiger partial charge in [-0.3, -0.25) is 0 Å². The summed E-state index contributed by atoms with van der Waals surface area (Å²) < 4.78 is 0. The SMILES string of the molecule is NCCCc1nnc(CCC2CCCCC2)s1. The number of aryl methyl sites for hydroxylation is 2. The minimum Gasteiger partial charge on any atom is -0.330 e. The van der Waals surface area contributed by atoms with Gasteiger partial charge in [-0.05, 0) is 25.3 Å². The molecule has 0 radical (unpaired) electrons. The molecule has 0 aromatic carbocycles. The number of rotatable bonds is 6. The predicted octanol–water partition coefficient (Wildman–Crippen LogP) is 2.94. The minimum absolute atomic E-state index is 0.747. The summed E-state index contributed by atoms with van der Waals surface area (Å²) >= 11 is 1.78. The van der Waals surface area contributed by atoms with E-state index in [1.807, 2.05) is 0 Å². The summed E-state index contributed by atoms with van der Waals surface area (Å²) in [4.78, 5) is 0. The number of nitrogens with two attached hydrogens (primary N) is 1. The Labute approximate surface area is 108 Å². The minimum atomic E-state index is 0.747. The summed E-state index contributed by atoms with van der Waals surface area (Å²) in [5.41, 5.74) is 5.50. The van der Waals surface area contributed by atoms with Gasteiger partial charge < -0.3 is 5.73 Å². The van der Waals surface area contributed by atoms with Gasteiger partial charge in [-0.1, -0.05) is 32.1 Å². The lowest BCUT2D eigenvalue weighted by atomic mass is 9.86. The van der Waals surface area contributed by atoms with Gasteiger partial charge in [0.05, 0.1) is 0 Å². The molecule has 0 unspecified atom stereocenters. The molecule has 0 bridgehead atoms. The van der Waals surface area contributed by atoms with E-state index in [1.165, 1.54) is 43.5 Å². The van der Waals surface area contributed by atoms with E-state index in [0.717, 1.165) is 36.7 Å². The van der Waals surface area contributed by atoms with E-state index in [-0.39, 0.29) is 0 Å². The Morgan fingerprint density at radius 2 is 1.76 bits per heavy atom. The maximum atomic E-state index is 5.50. The third-order valence-corrected chi connectivity index (χ3v) is 4.64. The zero-order chi connectivity index (χ0) is 11.9. The monoisotopic (exact) mass is 253 g/mol. The summed E-state index contributed by atoms with van der Waals surface area (Å²) in [6.07, 6.45) is 11.6. The Bertz CT molecular complexity index is 318. The molecule has 1 aliphatic carbocycles. The van der Waals surface area contributed by atoms with Crippen molar-refractivity contribution in [3.63, 3.8) is 0 Å². The Morgan fingerprint density at radius 1 is 1.06 bits per heavy atom. The van der Waals surface area contributed by atoms with Crippen LogP contribution < -0.4 is 5.73 Å². The van der Waals surface area contributed by atoms with Crippen LogP contribution in [0.2, 0.25) is 0 Å². The molecule has 2 N–H and O–H groups in total. The molecule has 0 atom stereocenters. The molecule has 1 aromatic rings. The van der Waals surface area contributed by atoms with Crippen LogP contribution in [0.4, 0.5) is 0 Å². The van der Waals surface area contributed by atoms with Crippen LogP contribution in [0.5, 0.6) is 0 Å². The molecule has 2 rings (SSSR count). The highest BCUT2D eigenvalue weighted by atomic mass is 32.1. The summed E-state index contributed by atoms with van der Waals surface area (Å²) in [6, 6.07) is 0. The molecule has 0 saturated heterocycles. The second kappa shape index (κ2) is 7.07. The van der Waals surface area contributed by atoms with Crippen LogP contribution in [0.15, 0.2) is 0 Å². The fourth-order valence-electron chi connectivity index (χ4n) is 2.55. The smallest absolute Gasteiger partial charge is 0.117 e. The molecular weight excluding hydrogens is 230 g/mol. The van der Waals surface area contributed by atoms with Crippen LogP contribution in [0.1, 0.15) is 55.0 Å². The lowest BCUT2D eigenvalue weighted by Crippen LogP contribution is -2.07. The second-order valence-electron chi connectivity index (χ2n) is 5.02. The number of hydrogen-bond donors (Lipinski definition) is 1. The summed E-state index contributed by atoms with van der Waals surface area (Å²) in [5, 5.41) is 10.9. The van der Waals surface area contributed by atoms with Crippen LogP contribution in [0.3, 0.4) is 0 Å². The molecule has 0 amide bonds. The highest BCUT2D eigenvalue weighted by molar-refractivity contribution is 7.11. The molecule has 0 aliphatic heterocycles. The first-order chi connectivity index (χ1) is 8.38. The normalized spacial score (nSPS) is 17.5. The fraction of sp³-hybridized carbons (Fsp3) is 0.846. The van der Waals surface area contributed by atoms with Gasteiger partial charge in [-0.2, -0.15) is 0 Å². The van der Waals surface area contributed by atoms with Gasteiger partial charge in [0.1, 0.15) is 10.0 Å². The molecule has 1 aliphatic rings. The molecular formula is C13H23N3S. The largest absolute Gasteiger partial charge is 0.330 e. The average Bonchev–Trinajstić information content (AvgIpc) is 2.83. The second-order valence-corrected chi connectivity index (χ2v) is 6.17. The van der Waals surface area contributed by atoms with Gasteiger partial charge in [0.15, 0.2) is 0 Å². The molecule has 96 valence electrons. The van der Waals surface area contributed by atoms with E-state index >= 15 is 0 Å². The van der Waals surface area contributed by atoms with Crippen LogP contribution >= 0.6 is 11.3 Å². The molecule has 4 heteroatoms. The zero-order valence-electron chi connectivity index (χ0n) is 10.5. The van der Waals surface area contributed by atoms with Crippen LogP contribution in [0, 0.1) is 5.92 Å². The van der Waals surface area contributed by atoms with Crippen molar-refractivity contribution in [3.8, 4) is 0 Å². The third-order valence-electron chi connectivity index (χ3n) is 3.59. The van der Waals surface area contributed by atoms with Crippen molar-refractivity contribution in [2.24, 2.45) is 11.7 Å². The first kappa shape index (κ1) is 13.0. The topological polar surface area (TPSA) is 51.8 Å². The van der Waals surface area contributed by atoms with Gasteiger partial charge in [0, 0.05) is 12.8 Å². The Kier molecular flexibility index (Phi) is 5.39. The van der Waals surface area contributed by atoms with E-state index in [4.69, 9.17) is 5.73 Å². The molecule has 17 heavy (non-hydrogen) atoms. The zero-order valence-corrected chi connectivity index (χ0v) is 11.3. The summed E-state index contributed by atoms with van der Waals surface area (Å²) in [5.74, 6) is 0.945. The third kappa shape index (κ3) is 4.36. The Hall–Kier alpha value is -0.480. The van der Waals surface area contributed by atoms with Crippen molar-refractivity contribution < 1.29 is 0 Å².